The lowest BCUT2D eigenvalue weighted by atomic mass is 9.79. The van der Waals surface area contributed by atoms with E-state index in [1.165, 1.54) is 187 Å². The van der Waals surface area contributed by atoms with Gasteiger partial charge in [-0.3, -0.25) is 13.6 Å². The highest BCUT2D eigenvalue weighted by molar-refractivity contribution is 7.62. The van der Waals surface area contributed by atoms with Crippen LogP contribution < -0.4 is 13.6 Å². The van der Waals surface area contributed by atoms with Crippen LogP contribution in [-0.4, -0.2) is 6.16 Å². The Morgan fingerprint density at radius 2 is 0.785 bits per heavy atom. The largest absolute Gasteiger partial charge is 0.541 e. The van der Waals surface area contributed by atoms with Crippen LogP contribution in [0.1, 0.15) is 269 Å². The minimum atomic E-state index is -3.11. The average Bonchev–Trinajstić information content (AvgIpc) is 3.26. The van der Waals surface area contributed by atoms with E-state index in [4.69, 9.17) is 13.6 Å². The van der Waals surface area contributed by atoms with Crippen LogP contribution >= 0.6 is 7.94 Å². The molecule has 3 rings (SSSR count). The van der Waals surface area contributed by atoms with E-state index < -0.39 is 7.94 Å². The Labute approximate surface area is 404 Å². The zero-order chi connectivity index (χ0) is 47.6. The monoisotopic (exact) mass is 914 g/mol. The Morgan fingerprint density at radius 1 is 0.415 bits per heavy atom. The van der Waals surface area contributed by atoms with Gasteiger partial charge in [0.25, 0.3) is 0 Å². The quantitative estimate of drug-likeness (QED) is 0.0435. The molecule has 0 fully saturated rings. The van der Waals surface area contributed by atoms with Crippen molar-refractivity contribution in [2.75, 3.05) is 6.16 Å². The van der Waals surface area contributed by atoms with Crippen molar-refractivity contribution in [3.05, 3.63) is 87.5 Å². The summed E-state index contributed by atoms with van der Waals surface area (Å²) < 4.78 is 23.0. The molecule has 3 aromatic rings. The molecule has 0 unspecified atom stereocenters. The Hall–Kier alpha value is -2.51. The van der Waals surface area contributed by atoms with Gasteiger partial charge < -0.3 is 0 Å². The van der Waals surface area contributed by atoms with E-state index >= 15 is 0 Å². The third-order valence-corrected chi connectivity index (χ3v) is 15.8. The predicted molar refractivity (Wildman–Crippen MR) is 289 cm³/mol. The van der Waals surface area contributed by atoms with Crippen LogP contribution in [0.15, 0.2) is 48.5 Å². The number of benzene rings is 3. The van der Waals surface area contributed by atoms with Crippen molar-refractivity contribution < 1.29 is 13.6 Å². The fourth-order valence-electron chi connectivity index (χ4n) is 9.36. The van der Waals surface area contributed by atoms with Crippen LogP contribution in [0.25, 0.3) is 0 Å². The number of hydrogen-bond donors (Lipinski definition) is 0. The second-order valence-electron chi connectivity index (χ2n) is 21.7. The summed E-state index contributed by atoms with van der Waals surface area (Å²) in [5.74, 6) is 2.88. The Kier molecular flexibility index (Phi) is 26.9. The summed E-state index contributed by atoms with van der Waals surface area (Å²) in [7, 11) is -3.11. The normalized spacial score (nSPS) is 12.2. The summed E-state index contributed by atoms with van der Waals surface area (Å²) in [6.45, 7) is 27.6. The van der Waals surface area contributed by atoms with E-state index in [9.17, 15) is 0 Å². The highest BCUT2D eigenvalue weighted by atomic mass is 31.2. The van der Waals surface area contributed by atoms with Crippen molar-refractivity contribution in [1.29, 1.82) is 0 Å². The summed E-state index contributed by atoms with van der Waals surface area (Å²) in [5, 5.41) is 0. The first-order valence-electron chi connectivity index (χ1n) is 27.6. The number of unbranched alkanes of at least 4 members (excludes halogenated alkanes) is 20. The molecule has 0 aliphatic rings. The van der Waals surface area contributed by atoms with Crippen LogP contribution in [0, 0.1) is 6.92 Å². The summed E-state index contributed by atoms with van der Waals surface area (Å²) in [6, 6.07) is 18.5. The molecule has 0 aliphatic carbocycles. The molecule has 4 heteroatoms. The van der Waals surface area contributed by atoms with Gasteiger partial charge in [-0.2, -0.15) is 0 Å². The molecule has 0 N–H and O–H groups in total. The van der Waals surface area contributed by atoms with Gasteiger partial charge in [-0.25, -0.2) is 0 Å². The lowest BCUT2D eigenvalue weighted by molar-refractivity contribution is 0.346. The zero-order valence-corrected chi connectivity index (χ0v) is 45.7. The fourth-order valence-corrected chi connectivity index (χ4v) is 11.3. The first-order valence-corrected chi connectivity index (χ1v) is 29.3. The first kappa shape index (κ1) is 56.8. The van der Waals surface area contributed by atoms with Crippen molar-refractivity contribution in [2.45, 2.75) is 274 Å². The van der Waals surface area contributed by atoms with Crippen LogP contribution in [0.3, 0.4) is 0 Å². The summed E-state index contributed by atoms with van der Waals surface area (Å²) in [5.41, 5.74) is 9.23. The Balaban J connectivity index is 2.22. The molecule has 65 heavy (non-hydrogen) atoms. The molecule has 0 atom stereocenters. The second kappa shape index (κ2) is 30.8. The van der Waals surface area contributed by atoms with E-state index in [0.29, 0.717) is 6.16 Å². The minimum absolute atomic E-state index is 0.0110. The molecule has 0 radical (unpaired) electrons. The van der Waals surface area contributed by atoms with E-state index in [-0.39, 0.29) is 10.8 Å². The number of aryl methyl sites for hydroxylation is 3. The molecule has 3 aromatic carbocycles. The van der Waals surface area contributed by atoms with Crippen molar-refractivity contribution >= 4 is 7.94 Å². The first-order chi connectivity index (χ1) is 31.2. The SMILES string of the molecule is CCCCCCCCc1cccc(O[P+](CC)(Oc2cccc(CCCCCCCC)c2CCCCCCCC)Oc2c(C)cc(C(C)(C)C)cc2C(C)(C)C)c1CCCCCCCC. The molecule has 0 bridgehead atoms. The van der Waals surface area contributed by atoms with Crippen LogP contribution in [0.5, 0.6) is 17.2 Å². The standard InChI is InChI=1S/C61H102O3P/c1-13-18-22-26-30-34-40-51-42-38-46-57(54(51)44-36-32-28-24-20-15-3)62-65(17-5,64-59-50(6)48-53(60(7,8)9)49-56(59)61(10,11)12)63-58-47-39-43-52(41-35-31-27-23-19-14-2)55(58)45-37-33-29-25-21-16-4/h38-39,42-43,46-49H,13-37,40-41,44-45H2,1-12H3/q+1. The smallest absolute Gasteiger partial charge is 0.271 e. The Bertz CT molecular complexity index is 1650. The van der Waals surface area contributed by atoms with Gasteiger partial charge in [-0.15, -0.1) is 0 Å². The van der Waals surface area contributed by atoms with Gasteiger partial charge in [0.2, 0.25) is 0 Å². The number of hydrogen-bond acceptors (Lipinski definition) is 3. The van der Waals surface area contributed by atoms with Crippen molar-refractivity contribution in [1.82, 2.24) is 0 Å². The highest BCUT2D eigenvalue weighted by Crippen LogP contribution is 2.63. The average molecular weight is 914 g/mol. The molecule has 0 amide bonds. The third kappa shape index (κ3) is 20.3. The minimum Gasteiger partial charge on any atom is -0.271 e. The molecular formula is C61H102O3P+. The molecule has 0 saturated carbocycles. The lowest BCUT2D eigenvalue weighted by Gasteiger charge is -2.30. The maximum absolute atomic E-state index is 7.68. The summed E-state index contributed by atoms with van der Waals surface area (Å²) >= 11 is 0. The molecular weight excluding hydrogens is 812 g/mol. The maximum atomic E-state index is 7.68. The lowest BCUT2D eigenvalue weighted by Crippen LogP contribution is -2.23. The molecule has 0 saturated heterocycles. The van der Waals surface area contributed by atoms with E-state index in [2.05, 4.69) is 132 Å². The molecule has 0 aliphatic heterocycles. The summed E-state index contributed by atoms with van der Waals surface area (Å²) in [6.07, 6.45) is 35.8. The molecule has 0 aromatic heterocycles. The van der Waals surface area contributed by atoms with Crippen LogP contribution in [0.2, 0.25) is 0 Å². The summed E-state index contributed by atoms with van der Waals surface area (Å²) in [4.78, 5) is 0. The molecule has 3 nitrogen and oxygen atoms in total. The van der Waals surface area contributed by atoms with Crippen LogP contribution in [0.4, 0.5) is 0 Å². The second-order valence-corrected chi connectivity index (χ2v) is 24.1. The molecule has 0 heterocycles. The maximum Gasteiger partial charge on any atom is 0.541 e. The van der Waals surface area contributed by atoms with Gasteiger partial charge in [0.1, 0.15) is 0 Å². The van der Waals surface area contributed by atoms with E-state index in [0.717, 1.165) is 48.5 Å². The van der Waals surface area contributed by atoms with Gasteiger partial charge in [-0.1, -0.05) is 234 Å². The van der Waals surface area contributed by atoms with Crippen LogP contribution in [-0.2, 0) is 36.5 Å². The van der Waals surface area contributed by atoms with Crippen molar-refractivity contribution in [2.24, 2.45) is 0 Å². The van der Waals surface area contributed by atoms with Gasteiger partial charge >= 0.3 is 7.94 Å². The molecule has 368 valence electrons. The number of rotatable bonds is 35. The van der Waals surface area contributed by atoms with Gasteiger partial charge in [0, 0.05) is 16.7 Å². The topological polar surface area (TPSA) is 27.7 Å². The van der Waals surface area contributed by atoms with E-state index in [1.54, 1.807) is 0 Å². The fraction of sp³-hybridized carbons (Fsp3) is 0.705. The zero-order valence-electron chi connectivity index (χ0n) is 44.8. The van der Waals surface area contributed by atoms with Crippen molar-refractivity contribution in [3.63, 3.8) is 0 Å². The van der Waals surface area contributed by atoms with E-state index in [1.807, 2.05) is 0 Å². The molecule has 0 spiro atoms. The van der Waals surface area contributed by atoms with Gasteiger partial charge in [0.15, 0.2) is 23.4 Å². The predicted octanol–water partition coefficient (Wildman–Crippen LogP) is 20.5. The third-order valence-electron chi connectivity index (χ3n) is 13.7. The Morgan fingerprint density at radius 3 is 1.14 bits per heavy atom. The highest BCUT2D eigenvalue weighted by Gasteiger charge is 2.50. The van der Waals surface area contributed by atoms with Crippen molar-refractivity contribution in [3.8, 4) is 17.2 Å². The van der Waals surface area contributed by atoms with Gasteiger partial charge in [-0.05, 0) is 110 Å². The van der Waals surface area contributed by atoms with Gasteiger partial charge in [0.05, 0.1) is 0 Å².